The van der Waals surface area contributed by atoms with E-state index >= 15 is 0 Å². The van der Waals surface area contributed by atoms with Gasteiger partial charge in [-0.05, 0) is 87.9 Å². The van der Waals surface area contributed by atoms with Crippen molar-refractivity contribution in [3.8, 4) is 5.75 Å². The van der Waals surface area contributed by atoms with Crippen molar-refractivity contribution in [1.29, 1.82) is 0 Å². The van der Waals surface area contributed by atoms with E-state index in [2.05, 4.69) is 9.48 Å². The van der Waals surface area contributed by atoms with Crippen molar-refractivity contribution in [1.82, 2.24) is 9.47 Å². The van der Waals surface area contributed by atoms with Gasteiger partial charge in [0.1, 0.15) is 11.7 Å². The number of nitroso groups, excluding NO2 is 1. The number of halogens is 1. The van der Waals surface area contributed by atoms with Gasteiger partial charge in [-0.25, -0.2) is 0 Å². The van der Waals surface area contributed by atoms with E-state index < -0.39 is 16.6 Å². The maximum Gasteiger partial charge on any atom is 0.312 e. The molecule has 0 bridgehead atoms. The van der Waals surface area contributed by atoms with Crippen LogP contribution >= 0.6 is 23.5 Å². The standard InChI is InChI=1S/C25H26ClN3O5S/c1-15-21(22(24(31)32)25(35-27-33)10-12-28(2)13-11-25)19-14-18(34-3)8-9-20(19)29(15)23(30)16-4-6-17(26)7-5-16/h4-9,14,22H,10-13H2,1-3H3,(H,31,32). The monoisotopic (exact) mass is 515 g/mol. The molecule has 1 unspecified atom stereocenters. The molecule has 1 aliphatic rings. The number of hydrogen-bond acceptors (Lipinski definition) is 7. The summed E-state index contributed by atoms with van der Waals surface area (Å²) < 4.78 is 9.11. The predicted molar refractivity (Wildman–Crippen MR) is 138 cm³/mol. The molecule has 1 saturated heterocycles. The van der Waals surface area contributed by atoms with Crippen LogP contribution in [0.1, 0.15) is 40.4 Å². The molecule has 0 saturated carbocycles. The number of rotatable bonds is 7. The zero-order chi connectivity index (χ0) is 25.3. The van der Waals surface area contributed by atoms with Crippen molar-refractivity contribution < 1.29 is 19.4 Å². The third kappa shape index (κ3) is 4.55. The maximum atomic E-state index is 13.6. The molecule has 35 heavy (non-hydrogen) atoms. The van der Waals surface area contributed by atoms with Crippen molar-refractivity contribution in [2.45, 2.75) is 30.4 Å². The minimum Gasteiger partial charge on any atom is -0.497 e. The van der Waals surface area contributed by atoms with Crippen molar-refractivity contribution in [3.05, 3.63) is 69.2 Å². The highest BCUT2D eigenvalue weighted by molar-refractivity contribution is 7.99. The first-order chi connectivity index (χ1) is 16.7. The highest BCUT2D eigenvalue weighted by Crippen LogP contribution is 2.50. The molecule has 0 radical (unpaired) electrons. The number of nitrogens with zero attached hydrogens (tertiary/aromatic N) is 3. The zero-order valence-corrected chi connectivity index (χ0v) is 21.2. The van der Waals surface area contributed by atoms with E-state index in [-0.39, 0.29) is 5.91 Å². The van der Waals surface area contributed by atoms with Gasteiger partial charge >= 0.3 is 5.97 Å². The predicted octanol–water partition coefficient (Wildman–Crippen LogP) is 5.35. The first kappa shape index (κ1) is 25.2. The van der Waals surface area contributed by atoms with Gasteiger partial charge in [-0.15, -0.1) is 4.91 Å². The van der Waals surface area contributed by atoms with Gasteiger partial charge in [-0.3, -0.25) is 14.2 Å². The number of piperidine rings is 1. The van der Waals surface area contributed by atoms with Crippen LogP contribution in [0.25, 0.3) is 10.9 Å². The second-order valence-corrected chi connectivity index (χ2v) is 10.4. The third-order valence-corrected chi connectivity index (χ3v) is 8.20. The molecule has 1 aromatic heterocycles. The smallest absolute Gasteiger partial charge is 0.312 e. The van der Waals surface area contributed by atoms with Crippen molar-refractivity contribution in [2.24, 2.45) is 4.58 Å². The van der Waals surface area contributed by atoms with E-state index in [1.54, 1.807) is 49.4 Å². The number of ether oxygens (including phenoxy) is 1. The summed E-state index contributed by atoms with van der Waals surface area (Å²) in [6.07, 6.45) is 0.941. The van der Waals surface area contributed by atoms with Crippen molar-refractivity contribution in [2.75, 3.05) is 27.2 Å². The molecule has 1 fully saturated rings. The Labute approximate surface area is 212 Å². The number of hydrogen-bond donors (Lipinski definition) is 1. The molecule has 0 spiro atoms. The summed E-state index contributed by atoms with van der Waals surface area (Å²) in [5.74, 6) is -1.89. The lowest BCUT2D eigenvalue weighted by molar-refractivity contribution is -0.140. The largest absolute Gasteiger partial charge is 0.497 e. The van der Waals surface area contributed by atoms with E-state index in [1.807, 2.05) is 7.05 Å². The van der Waals surface area contributed by atoms with Crippen LogP contribution in [0.3, 0.4) is 0 Å². The summed E-state index contributed by atoms with van der Waals surface area (Å²) in [4.78, 5) is 40.1. The molecule has 1 aliphatic heterocycles. The number of carbonyl (C=O) groups is 2. The number of aromatic nitrogens is 1. The Hall–Kier alpha value is -2.88. The molecule has 184 valence electrons. The molecule has 4 rings (SSSR count). The molecule has 2 heterocycles. The maximum absolute atomic E-state index is 13.6. The van der Waals surface area contributed by atoms with Crippen LogP contribution < -0.4 is 4.74 Å². The van der Waals surface area contributed by atoms with Crippen LogP contribution in [0, 0.1) is 11.8 Å². The van der Waals surface area contributed by atoms with Gasteiger partial charge in [0, 0.05) is 38.2 Å². The molecular weight excluding hydrogens is 490 g/mol. The molecule has 3 aromatic rings. The van der Waals surface area contributed by atoms with Crippen LogP contribution in [-0.4, -0.2) is 58.4 Å². The quantitative estimate of drug-likeness (QED) is 0.334. The fourth-order valence-electron chi connectivity index (χ4n) is 5.01. The van der Waals surface area contributed by atoms with E-state index in [9.17, 15) is 19.6 Å². The minimum atomic E-state index is -1.06. The topological polar surface area (TPSA) is 101 Å². The fraction of sp³-hybridized carbons (Fsp3) is 0.360. The van der Waals surface area contributed by atoms with Gasteiger partial charge in [0.2, 0.25) is 0 Å². The molecule has 1 atom stereocenters. The number of likely N-dealkylation sites (tertiary alicyclic amines) is 1. The van der Waals surface area contributed by atoms with E-state index in [0.29, 0.717) is 64.4 Å². The van der Waals surface area contributed by atoms with Crippen LogP contribution in [0.4, 0.5) is 0 Å². The summed E-state index contributed by atoms with van der Waals surface area (Å²) in [5.41, 5.74) is 1.98. The first-order valence-electron chi connectivity index (χ1n) is 11.1. The van der Waals surface area contributed by atoms with Crippen molar-refractivity contribution in [3.63, 3.8) is 0 Å². The first-order valence-corrected chi connectivity index (χ1v) is 12.3. The molecule has 10 heteroatoms. The third-order valence-electron chi connectivity index (χ3n) is 6.87. The summed E-state index contributed by atoms with van der Waals surface area (Å²) in [5, 5.41) is 11.6. The summed E-state index contributed by atoms with van der Waals surface area (Å²) in [6.45, 7) is 3.02. The average molecular weight is 516 g/mol. The Balaban J connectivity index is 1.98. The van der Waals surface area contributed by atoms with Crippen LogP contribution in [0.15, 0.2) is 47.0 Å². The van der Waals surface area contributed by atoms with Gasteiger partial charge in [0.25, 0.3) is 5.91 Å². The van der Waals surface area contributed by atoms with Crippen LogP contribution in [-0.2, 0) is 4.79 Å². The minimum absolute atomic E-state index is 0.302. The number of fused-ring (bicyclic) bond motifs is 1. The lowest BCUT2D eigenvalue weighted by Crippen LogP contribution is -2.46. The number of aliphatic carboxylic acids is 1. The Kier molecular flexibility index (Phi) is 7.21. The van der Waals surface area contributed by atoms with Gasteiger partial charge in [0.15, 0.2) is 0 Å². The summed E-state index contributed by atoms with van der Waals surface area (Å²) in [7, 11) is 3.49. The lowest BCUT2D eigenvalue weighted by Gasteiger charge is -2.41. The number of carbonyl (C=O) groups excluding carboxylic acids is 1. The van der Waals surface area contributed by atoms with Gasteiger partial charge < -0.3 is 14.7 Å². The summed E-state index contributed by atoms with van der Waals surface area (Å²) in [6, 6.07) is 11.8. The Morgan fingerprint density at radius 2 is 1.83 bits per heavy atom. The van der Waals surface area contributed by atoms with Crippen molar-refractivity contribution >= 4 is 46.3 Å². The van der Waals surface area contributed by atoms with Gasteiger partial charge in [0.05, 0.1) is 17.4 Å². The average Bonchev–Trinajstić information content (AvgIpc) is 3.12. The lowest BCUT2D eigenvalue weighted by atomic mass is 9.78. The molecular formula is C25H26ClN3O5S. The number of carboxylic acids is 1. The second kappa shape index (κ2) is 10.0. The second-order valence-electron chi connectivity index (χ2n) is 8.83. The van der Waals surface area contributed by atoms with E-state index in [1.165, 1.54) is 11.7 Å². The molecule has 1 N–H and O–H groups in total. The summed E-state index contributed by atoms with van der Waals surface area (Å²) >= 11 is 6.80. The highest BCUT2D eigenvalue weighted by atomic mass is 35.5. The van der Waals surface area contributed by atoms with E-state index in [0.717, 1.165) is 11.9 Å². The normalized spacial score (nSPS) is 16.7. The van der Waals surface area contributed by atoms with Crippen LogP contribution in [0.5, 0.6) is 5.75 Å². The molecule has 2 aromatic carbocycles. The van der Waals surface area contributed by atoms with Gasteiger partial charge in [-0.1, -0.05) is 11.6 Å². The fourth-order valence-corrected chi connectivity index (χ4v) is 5.98. The number of methoxy groups -OCH3 is 1. The van der Waals surface area contributed by atoms with Gasteiger partial charge in [-0.2, -0.15) is 0 Å². The molecule has 0 amide bonds. The number of benzene rings is 2. The zero-order valence-electron chi connectivity index (χ0n) is 19.7. The van der Waals surface area contributed by atoms with Crippen LogP contribution in [0.2, 0.25) is 5.02 Å². The number of carboxylic acid groups (broad SMARTS) is 1. The Morgan fingerprint density at radius 3 is 2.40 bits per heavy atom. The Morgan fingerprint density at radius 1 is 1.17 bits per heavy atom. The Bertz CT molecular complexity index is 1280. The highest BCUT2D eigenvalue weighted by Gasteiger charge is 2.49. The molecule has 8 nitrogen and oxygen atoms in total. The van der Waals surface area contributed by atoms with E-state index in [4.69, 9.17) is 16.3 Å². The SMILES string of the molecule is COc1ccc2c(c1)c(C(C(=O)O)C1(SN=O)CCN(C)CC1)c(C)n2C(=O)c1ccc(Cl)cc1. The molecule has 0 aliphatic carbocycles.